The lowest BCUT2D eigenvalue weighted by Gasteiger charge is -2.39. The van der Waals surface area contributed by atoms with Gasteiger partial charge >= 0.3 is 23.5 Å². The summed E-state index contributed by atoms with van der Waals surface area (Å²) >= 11 is 1.25. The van der Waals surface area contributed by atoms with Crippen molar-refractivity contribution in [1.82, 2.24) is 0 Å². The van der Waals surface area contributed by atoms with Crippen molar-refractivity contribution in [2.75, 3.05) is 5.75 Å². The van der Waals surface area contributed by atoms with Crippen molar-refractivity contribution < 1.29 is 37.7 Å². The molecule has 0 spiro atoms. The molecule has 1 aliphatic heterocycles. The summed E-state index contributed by atoms with van der Waals surface area (Å²) in [4.78, 5) is 47.0. The fraction of sp³-hybridized carbons (Fsp3) is 0.478. The zero-order valence-corrected chi connectivity index (χ0v) is 19.8. The highest BCUT2D eigenvalue weighted by atomic mass is 32.2. The molecule has 3 rings (SSSR count). The number of hydrogen-bond donors (Lipinski definition) is 0. The van der Waals surface area contributed by atoms with E-state index in [4.69, 9.17) is 23.4 Å². The molecular weight excluding hydrogens is 452 g/mol. The Labute approximate surface area is 194 Å². The summed E-state index contributed by atoms with van der Waals surface area (Å²) in [6, 6.07) is 6.58. The maximum absolute atomic E-state index is 12.0. The van der Waals surface area contributed by atoms with E-state index in [1.165, 1.54) is 38.6 Å². The molecule has 0 unspecified atom stereocenters. The molecule has 1 aliphatic rings. The molecule has 0 N–H and O–H groups in total. The molecule has 10 heteroatoms. The minimum atomic E-state index is -1.05. The van der Waals surface area contributed by atoms with Gasteiger partial charge in [0.2, 0.25) is 0 Å². The van der Waals surface area contributed by atoms with Crippen LogP contribution in [-0.2, 0) is 28.6 Å². The molecule has 2 heterocycles. The predicted molar refractivity (Wildman–Crippen MR) is 120 cm³/mol. The van der Waals surface area contributed by atoms with E-state index in [0.29, 0.717) is 11.3 Å². The van der Waals surface area contributed by atoms with Gasteiger partial charge in [-0.1, -0.05) is 13.8 Å². The second-order valence-electron chi connectivity index (χ2n) is 7.95. The fourth-order valence-corrected chi connectivity index (χ4v) is 4.88. The topological polar surface area (TPSA) is 118 Å². The lowest BCUT2D eigenvalue weighted by atomic mass is 10.00. The second-order valence-corrected chi connectivity index (χ2v) is 9.08. The molecule has 9 nitrogen and oxygen atoms in total. The van der Waals surface area contributed by atoms with Gasteiger partial charge in [0.05, 0.1) is 0 Å². The van der Waals surface area contributed by atoms with Gasteiger partial charge in [0.25, 0.3) is 0 Å². The Hall–Kier alpha value is -3.01. The van der Waals surface area contributed by atoms with Crippen LogP contribution >= 0.6 is 11.8 Å². The fourth-order valence-electron chi connectivity index (χ4n) is 3.66. The van der Waals surface area contributed by atoms with Crippen LogP contribution in [0.2, 0.25) is 0 Å². The van der Waals surface area contributed by atoms with Crippen molar-refractivity contribution >= 4 is 40.6 Å². The number of ether oxygens (including phenoxy) is 4. The standard InChI is InChI=1S/C23H26O9S/c1-11(2)17-9-20(27)32-18-8-15(6-7-16(17)18)31-23-22(30-14(5)26)21(29-13(4)25)19(10-33-23)28-12(3)24/h6-9,11,19,21-23H,10H2,1-5H3/t19-,21+,22-,23+/m1/s1. The van der Waals surface area contributed by atoms with E-state index in [0.717, 1.165) is 10.9 Å². The lowest BCUT2D eigenvalue weighted by Crippen LogP contribution is -2.55. The van der Waals surface area contributed by atoms with Gasteiger partial charge < -0.3 is 23.4 Å². The summed E-state index contributed by atoms with van der Waals surface area (Å²) in [6.45, 7) is 7.64. The number of esters is 3. The van der Waals surface area contributed by atoms with Crippen LogP contribution in [0.5, 0.6) is 5.75 Å². The van der Waals surface area contributed by atoms with Crippen molar-refractivity contribution in [2.24, 2.45) is 0 Å². The first-order valence-corrected chi connectivity index (χ1v) is 11.5. The van der Waals surface area contributed by atoms with E-state index in [-0.39, 0.29) is 11.7 Å². The molecular formula is C23H26O9S. The molecule has 0 aliphatic carbocycles. The van der Waals surface area contributed by atoms with Gasteiger partial charge in [-0.05, 0) is 23.6 Å². The maximum Gasteiger partial charge on any atom is 0.336 e. The van der Waals surface area contributed by atoms with Crippen LogP contribution in [0.15, 0.2) is 33.5 Å². The van der Waals surface area contributed by atoms with Gasteiger partial charge in [-0.2, -0.15) is 0 Å². The molecule has 1 saturated heterocycles. The largest absolute Gasteiger partial charge is 0.476 e. The summed E-state index contributed by atoms with van der Waals surface area (Å²) in [7, 11) is 0. The van der Waals surface area contributed by atoms with Gasteiger partial charge in [0.1, 0.15) is 11.3 Å². The molecule has 1 aromatic carbocycles. The third-order valence-corrected chi connectivity index (χ3v) is 6.14. The van der Waals surface area contributed by atoms with Gasteiger partial charge in [-0.15, -0.1) is 11.8 Å². The number of fused-ring (bicyclic) bond motifs is 1. The van der Waals surface area contributed by atoms with Gasteiger partial charge in [-0.25, -0.2) is 4.79 Å². The number of thioether (sulfide) groups is 1. The molecule has 1 fully saturated rings. The highest BCUT2D eigenvalue weighted by Crippen LogP contribution is 2.35. The number of rotatable bonds is 6. The summed E-state index contributed by atoms with van der Waals surface area (Å²) in [5, 5.41) is 0.789. The Bertz CT molecular complexity index is 1110. The second kappa shape index (κ2) is 10.3. The molecule has 4 atom stereocenters. The molecule has 33 heavy (non-hydrogen) atoms. The van der Waals surface area contributed by atoms with Crippen molar-refractivity contribution in [3.63, 3.8) is 0 Å². The van der Waals surface area contributed by atoms with Gasteiger partial charge in [-0.3, -0.25) is 14.4 Å². The van der Waals surface area contributed by atoms with E-state index in [9.17, 15) is 19.2 Å². The smallest absolute Gasteiger partial charge is 0.336 e. The molecule has 0 amide bonds. The highest BCUT2D eigenvalue weighted by Gasteiger charge is 2.47. The molecule has 0 radical (unpaired) electrons. The lowest BCUT2D eigenvalue weighted by molar-refractivity contribution is -0.186. The summed E-state index contributed by atoms with van der Waals surface area (Å²) in [6.07, 6.45) is -2.91. The summed E-state index contributed by atoms with van der Waals surface area (Å²) < 4.78 is 27.5. The van der Waals surface area contributed by atoms with Crippen molar-refractivity contribution in [2.45, 2.75) is 64.3 Å². The van der Waals surface area contributed by atoms with Crippen LogP contribution in [0, 0.1) is 0 Å². The molecule has 1 aromatic heterocycles. The maximum atomic E-state index is 12.0. The first-order valence-electron chi connectivity index (χ1n) is 10.4. The van der Waals surface area contributed by atoms with E-state index in [2.05, 4.69) is 0 Å². The number of hydrogen-bond acceptors (Lipinski definition) is 10. The van der Waals surface area contributed by atoms with E-state index >= 15 is 0 Å². The quantitative estimate of drug-likeness (QED) is 0.348. The first kappa shape index (κ1) is 24.6. The van der Waals surface area contributed by atoms with Crippen LogP contribution < -0.4 is 10.4 Å². The Morgan fingerprint density at radius 2 is 1.61 bits per heavy atom. The average Bonchev–Trinajstić information content (AvgIpc) is 2.70. The number of benzene rings is 1. The first-order chi connectivity index (χ1) is 15.5. The monoisotopic (exact) mass is 478 g/mol. The van der Waals surface area contributed by atoms with Crippen LogP contribution in [0.3, 0.4) is 0 Å². The van der Waals surface area contributed by atoms with Gasteiger partial charge in [0.15, 0.2) is 23.7 Å². The summed E-state index contributed by atoms with van der Waals surface area (Å²) in [5.41, 5.74) is -0.0190. The molecule has 0 saturated carbocycles. The van der Waals surface area contributed by atoms with E-state index in [1.54, 1.807) is 18.2 Å². The van der Waals surface area contributed by atoms with Crippen LogP contribution in [0.4, 0.5) is 0 Å². The van der Waals surface area contributed by atoms with E-state index in [1.807, 2.05) is 13.8 Å². The normalized spacial score (nSPS) is 22.6. The minimum absolute atomic E-state index is 0.119. The molecule has 178 valence electrons. The number of carbonyl (C=O) groups excluding carboxylic acids is 3. The Balaban J connectivity index is 1.94. The van der Waals surface area contributed by atoms with Crippen LogP contribution in [-0.4, -0.2) is 47.4 Å². The average molecular weight is 479 g/mol. The third kappa shape index (κ3) is 6.07. The zero-order valence-electron chi connectivity index (χ0n) is 19.0. The SMILES string of the molecule is CC(=O)O[C@@H]1[C@@H](OC(C)=O)[C@@H](Oc2ccc3c(C(C)C)cc(=O)oc3c2)SC[C@H]1OC(C)=O. The van der Waals surface area contributed by atoms with Crippen LogP contribution in [0.25, 0.3) is 11.0 Å². The van der Waals surface area contributed by atoms with Crippen molar-refractivity contribution in [3.05, 3.63) is 40.2 Å². The highest BCUT2D eigenvalue weighted by molar-refractivity contribution is 7.99. The third-order valence-electron chi connectivity index (χ3n) is 4.93. The zero-order chi connectivity index (χ0) is 24.3. The molecule has 2 aromatic rings. The Kier molecular flexibility index (Phi) is 7.68. The number of carbonyl (C=O) groups is 3. The predicted octanol–water partition coefficient (Wildman–Crippen LogP) is 3.16. The molecule has 0 bridgehead atoms. The Morgan fingerprint density at radius 1 is 0.970 bits per heavy atom. The van der Waals surface area contributed by atoms with Gasteiger partial charge in [0, 0.05) is 44.0 Å². The Morgan fingerprint density at radius 3 is 2.21 bits per heavy atom. The van der Waals surface area contributed by atoms with Crippen molar-refractivity contribution in [3.8, 4) is 5.75 Å². The van der Waals surface area contributed by atoms with E-state index < -0.39 is 47.3 Å². The van der Waals surface area contributed by atoms with Crippen LogP contribution in [0.1, 0.15) is 46.1 Å². The van der Waals surface area contributed by atoms with Crippen molar-refractivity contribution in [1.29, 1.82) is 0 Å². The summed E-state index contributed by atoms with van der Waals surface area (Å²) in [5.74, 6) is -1.04. The minimum Gasteiger partial charge on any atom is -0.476 e.